The van der Waals surface area contributed by atoms with E-state index in [9.17, 15) is 0 Å². The number of halogens is 2. The molecular weight excluding hydrogens is 263 g/mol. The van der Waals surface area contributed by atoms with Crippen molar-refractivity contribution in [3.63, 3.8) is 0 Å². The first-order valence-corrected chi connectivity index (χ1v) is 5.31. The van der Waals surface area contributed by atoms with Gasteiger partial charge in [0.1, 0.15) is 5.82 Å². The zero-order chi connectivity index (χ0) is 10.1. The number of imidazole rings is 1. The lowest BCUT2D eigenvalue weighted by molar-refractivity contribution is 1.15. The molecule has 0 unspecified atom stereocenters. The molecular formula is C10H8BrClN2. The molecule has 72 valence electrons. The maximum Gasteiger partial charge on any atom is 0.103 e. The maximum atomic E-state index is 5.90. The van der Waals surface area contributed by atoms with Crippen molar-refractivity contribution in [1.29, 1.82) is 0 Å². The number of benzene rings is 1. The van der Waals surface area contributed by atoms with Crippen LogP contribution in [0.3, 0.4) is 0 Å². The number of rotatable bonds is 1. The van der Waals surface area contributed by atoms with E-state index in [1.54, 1.807) is 0 Å². The first-order valence-electron chi connectivity index (χ1n) is 4.14. The smallest absolute Gasteiger partial charge is 0.103 e. The molecule has 0 saturated heterocycles. The quantitative estimate of drug-likeness (QED) is 0.839. The third kappa shape index (κ3) is 1.83. The molecule has 0 radical (unpaired) electrons. The number of nitrogens with one attached hydrogen (secondary N) is 1. The number of aromatic amines is 1. The lowest BCUT2D eigenvalue weighted by atomic mass is 10.2. The van der Waals surface area contributed by atoms with Crippen LogP contribution in [0, 0.1) is 6.92 Å². The highest BCUT2D eigenvalue weighted by Crippen LogP contribution is 2.27. The second-order valence-corrected chi connectivity index (χ2v) is 4.27. The van der Waals surface area contributed by atoms with E-state index in [0.29, 0.717) is 5.02 Å². The standard InChI is InChI=1S/C10H8BrClN2/c1-6-13-5-10(14-6)7-2-3-9(12)8(11)4-7/h2-5H,1H3,(H,13,14). The summed E-state index contributed by atoms with van der Waals surface area (Å²) in [6.45, 7) is 1.93. The highest BCUT2D eigenvalue weighted by atomic mass is 79.9. The zero-order valence-corrected chi connectivity index (χ0v) is 9.85. The van der Waals surface area contributed by atoms with Crippen LogP contribution in [0.4, 0.5) is 0 Å². The van der Waals surface area contributed by atoms with E-state index in [0.717, 1.165) is 21.6 Å². The third-order valence-electron chi connectivity index (χ3n) is 1.93. The van der Waals surface area contributed by atoms with Crippen LogP contribution in [0.1, 0.15) is 5.82 Å². The molecule has 0 aliphatic rings. The predicted octanol–water partition coefficient (Wildman–Crippen LogP) is 3.80. The van der Waals surface area contributed by atoms with E-state index in [-0.39, 0.29) is 0 Å². The molecule has 0 aliphatic carbocycles. The number of H-pyrrole nitrogens is 1. The average Bonchev–Trinajstić information content (AvgIpc) is 2.57. The Morgan fingerprint density at radius 3 is 2.79 bits per heavy atom. The highest BCUT2D eigenvalue weighted by molar-refractivity contribution is 9.10. The van der Waals surface area contributed by atoms with Crippen LogP contribution in [-0.2, 0) is 0 Å². The molecule has 1 aromatic carbocycles. The molecule has 0 aliphatic heterocycles. The van der Waals surface area contributed by atoms with Crippen molar-refractivity contribution in [2.75, 3.05) is 0 Å². The van der Waals surface area contributed by atoms with Gasteiger partial charge in [-0.05, 0) is 35.0 Å². The van der Waals surface area contributed by atoms with E-state index in [1.165, 1.54) is 0 Å². The van der Waals surface area contributed by atoms with Crippen LogP contribution in [0.25, 0.3) is 11.3 Å². The predicted molar refractivity (Wildman–Crippen MR) is 61.5 cm³/mol. The van der Waals surface area contributed by atoms with Gasteiger partial charge in [0.05, 0.1) is 16.9 Å². The molecule has 1 aromatic heterocycles. The SMILES string of the molecule is Cc1ncc(-c2ccc(Cl)c(Br)c2)[nH]1. The fourth-order valence-corrected chi connectivity index (χ4v) is 1.73. The summed E-state index contributed by atoms with van der Waals surface area (Å²) in [7, 11) is 0. The van der Waals surface area contributed by atoms with Gasteiger partial charge in [-0.3, -0.25) is 0 Å². The molecule has 2 nitrogen and oxygen atoms in total. The molecule has 1 N–H and O–H groups in total. The molecule has 2 rings (SSSR count). The van der Waals surface area contributed by atoms with Crippen molar-refractivity contribution in [3.8, 4) is 11.3 Å². The fraction of sp³-hybridized carbons (Fsp3) is 0.100. The molecule has 0 saturated carbocycles. The Morgan fingerprint density at radius 1 is 1.43 bits per heavy atom. The minimum atomic E-state index is 0.713. The number of hydrogen-bond acceptors (Lipinski definition) is 1. The number of hydrogen-bond donors (Lipinski definition) is 1. The van der Waals surface area contributed by atoms with Gasteiger partial charge in [0.15, 0.2) is 0 Å². The van der Waals surface area contributed by atoms with Crippen LogP contribution in [0.15, 0.2) is 28.9 Å². The summed E-state index contributed by atoms with van der Waals surface area (Å²) in [6, 6.07) is 5.78. The van der Waals surface area contributed by atoms with Crippen LogP contribution < -0.4 is 0 Å². The summed E-state index contributed by atoms with van der Waals surface area (Å²) in [4.78, 5) is 7.31. The van der Waals surface area contributed by atoms with Crippen LogP contribution in [0.2, 0.25) is 5.02 Å². The van der Waals surface area contributed by atoms with Gasteiger partial charge in [-0.2, -0.15) is 0 Å². The summed E-state index contributed by atoms with van der Waals surface area (Å²) in [5, 5.41) is 0.713. The molecule has 0 amide bonds. The van der Waals surface area contributed by atoms with E-state index < -0.39 is 0 Å². The topological polar surface area (TPSA) is 28.7 Å². The van der Waals surface area contributed by atoms with Gasteiger partial charge in [-0.15, -0.1) is 0 Å². The van der Waals surface area contributed by atoms with Crippen LogP contribution in [0.5, 0.6) is 0 Å². The fourth-order valence-electron chi connectivity index (χ4n) is 1.23. The lowest BCUT2D eigenvalue weighted by Crippen LogP contribution is -1.78. The average molecular weight is 272 g/mol. The molecule has 0 spiro atoms. The highest BCUT2D eigenvalue weighted by Gasteiger charge is 2.03. The third-order valence-corrected chi connectivity index (χ3v) is 3.15. The van der Waals surface area contributed by atoms with E-state index in [4.69, 9.17) is 11.6 Å². The first kappa shape index (κ1) is 9.74. The molecule has 0 bridgehead atoms. The number of nitrogens with zero attached hydrogens (tertiary/aromatic N) is 1. The van der Waals surface area contributed by atoms with Gasteiger partial charge in [0, 0.05) is 10.0 Å². The summed E-state index contributed by atoms with van der Waals surface area (Å²) in [5.41, 5.74) is 2.07. The summed E-state index contributed by atoms with van der Waals surface area (Å²) >= 11 is 9.28. The Labute approximate surface area is 95.5 Å². The second kappa shape index (κ2) is 3.75. The molecule has 2 aromatic rings. The van der Waals surface area contributed by atoms with Gasteiger partial charge in [0.2, 0.25) is 0 Å². The van der Waals surface area contributed by atoms with Crippen molar-refractivity contribution in [3.05, 3.63) is 39.7 Å². The van der Waals surface area contributed by atoms with E-state index in [2.05, 4.69) is 25.9 Å². The Bertz CT molecular complexity index is 465. The van der Waals surface area contributed by atoms with Gasteiger partial charge in [0.25, 0.3) is 0 Å². The normalized spacial score (nSPS) is 10.5. The molecule has 0 fully saturated rings. The molecule has 14 heavy (non-hydrogen) atoms. The molecule has 1 heterocycles. The number of aromatic nitrogens is 2. The van der Waals surface area contributed by atoms with Crippen molar-refractivity contribution < 1.29 is 0 Å². The van der Waals surface area contributed by atoms with Crippen LogP contribution in [-0.4, -0.2) is 9.97 Å². The van der Waals surface area contributed by atoms with E-state index in [1.807, 2.05) is 31.3 Å². The Hall–Kier alpha value is -0.800. The largest absolute Gasteiger partial charge is 0.342 e. The monoisotopic (exact) mass is 270 g/mol. The summed E-state index contributed by atoms with van der Waals surface area (Å²) in [6.07, 6.45) is 1.81. The number of aryl methyl sites for hydroxylation is 1. The minimum Gasteiger partial charge on any atom is -0.342 e. The van der Waals surface area contributed by atoms with E-state index >= 15 is 0 Å². The van der Waals surface area contributed by atoms with Gasteiger partial charge in [-0.1, -0.05) is 17.7 Å². The van der Waals surface area contributed by atoms with Gasteiger partial charge in [-0.25, -0.2) is 4.98 Å². The van der Waals surface area contributed by atoms with Gasteiger partial charge >= 0.3 is 0 Å². The summed E-state index contributed by atoms with van der Waals surface area (Å²) in [5.74, 6) is 0.908. The maximum absolute atomic E-state index is 5.90. The summed E-state index contributed by atoms with van der Waals surface area (Å²) < 4.78 is 0.893. The first-order chi connectivity index (χ1) is 6.66. The van der Waals surface area contributed by atoms with Crippen molar-refractivity contribution in [1.82, 2.24) is 9.97 Å². The van der Waals surface area contributed by atoms with Crippen molar-refractivity contribution >= 4 is 27.5 Å². The van der Waals surface area contributed by atoms with Crippen LogP contribution >= 0.6 is 27.5 Å². The Kier molecular flexibility index (Phi) is 2.61. The molecule has 4 heteroatoms. The van der Waals surface area contributed by atoms with Crippen molar-refractivity contribution in [2.24, 2.45) is 0 Å². The van der Waals surface area contributed by atoms with Gasteiger partial charge < -0.3 is 4.98 Å². The minimum absolute atomic E-state index is 0.713. The second-order valence-electron chi connectivity index (χ2n) is 3.01. The van der Waals surface area contributed by atoms with Crippen molar-refractivity contribution in [2.45, 2.75) is 6.92 Å². The Morgan fingerprint density at radius 2 is 2.21 bits per heavy atom. The lowest BCUT2D eigenvalue weighted by Gasteiger charge is -1.99. The molecule has 0 atom stereocenters. The zero-order valence-electron chi connectivity index (χ0n) is 7.51. The Balaban J connectivity index is 2.47.